The number of nitrogens with one attached hydrogen (secondary N) is 1. The molecule has 9 heteroatoms. The monoisotopic (exact) mass is 340 g/mol. The van der Waals surface area contributed by atoms with E-state index in [2.05, 4.69) is 15.4 Å². The van der Waals surface area contributed by atoms with Gasteiger partial charge in [-0.1, -0.05) is 0 Å². The van der Waals surface area contributed by atoms with Gasteiger partial charge in [0.15, 0.2) is 15.0 Å². The molecule has 1 aliphatic rings. The quantitative estimate of drug-likeness (QED) is 0.915. The van der Waals surface area contributed by atoms with Gasteiger partial charge in [0.05, 0.1) is 28.8 Å². The van der Waals surface area contributed by atoms with Gasteiger partial charge in [0.25, 0.3) is 5.91 Å². The molecule has 0 aromatic carbocycles. The average molecular weight is 340 g/mol. The summed E-state index contributed by atoms with van der Waals surface area (Å²) >= 11 is 1.34. The van der Waals surface area contributed by atoms with Crippen LogP contribution in [0.4, 0.5) is 5.13 Å². The normalized spacial score (nSPS) is 20.2. The molecule has 1 fully saturated rings. The molecule has 3 heterocycles. The fraction of sp³-hybridized carbons (Fsp3) is 0.462. The van der Waals surface area contributed by atoms with Crippen LogP contribution in [0.25, 0.3) is 0 Å². The molecule has 2 aromatic heterocycles. The highest BCUT2D eigenvalue weighted by Gasteiger charge is 2.32. The molecule has 118 valence electrons. The predicted octanol–water partition coefficient (Wildman–Crippen LogP) is 1.57. The van der Waals surface area contributed by atoms with Crippen LogP contribution in [0.3, 0.4) is 0 Å². The van der Waals surface area contributed by atoms with Gasteiger partial charge in [-0.3, -0.25) is 14.8 Å². The second-order valence-electron chi connectivity index (χ2n) is 5.34. The third-order valence-electron chi connectivity index (χ3n) is 3.76. The van der Waals surface area contributed by atoms with Gasteiger partial charge in [-0.15, -0.1) is 11.3 Å². The number of aryl methyl sites for hydroxylation is 1. The number of sulfone groups is 1. The van der Waals surface area contributed by atoms with Crippen molar-refractivity contribution in [1.82, 2.24) is 14.8 Å². The first-order valence-electron chi connectivity index (χ1n) is 6.84. The molecule has 0 saturated carbocycles. The van der Waals surface area contributed by atoms with Crippen LogP contribution < -0.4 is 5.32 Å². The third-order valence-corrected chi connectivity index (χ3v) is 6.20. The van der Waals surface area contributed by atoms with E-state index in [4.69, 9.17) is 0 Å². The van der Waals surface area contributed by atoms with E-state index >= 15 is 0 Å². The molecule has 2 aromatic rings. The Kier molecular flexibility index (Phi) is 3.77. The smallest absolute Gasteiger partial charge is 0.261 e. The summed E-state index contributed by atoms with van der Waals surface area (Å²) in [5.41, 5.74) is 1.77. The van der Waals surface area contributed by atoms with Crippen molar-refractivity contribution in [3.63, 3.8) is 0 Å². The fourth-order valence-corrected chi connectivity index (χ4v) is 4.98. The Hall–Kier alpha value is -1.74. The maximum absolute atomic E-state index is 12.4. The van der Waals surface area contributed by atoms with Crippen molar-refractivity contribution in [3.05, 3.63) is 28.5 Å². The van der Waals surface area contributed by atoms with Crippen LogP contribution in [0.2, 0.25) is 0 Å². The van der Waals surface area contributed by atoms with Crippen LogP contribution in [0.15, 0.2) is 11.6 Å². The summed E-state index contributed by atoms with van der Waals surface area (Å²) < 4.78 is 24.9. The van der Waals surface area contributed by atoms with Crippen molar-refractivity contribution in [2.24, 2.45) is 0 Å². The lowest BCUT2D eigenvalue weighted by Crippen LogP contribution is -2.16. The molecule has 1 aliphatic heterocycles. The first kappa shape index (κ1) is 15.2. The Morgan fingerprint density at radius 2 is 2.23 bits per heavy atom. The molecular formula is C13H16N4O3S2. The third kappa shape index (κ3) is 2.78. The molecule has 0 unspecified atom stereocenters. The molecule has 3 rings (SSSR count). The largest absolute Gasteiger partial charge is 0.298 e. The maximum atomic E-state index is 12.4. The van der Waals surface area contributed by atoms with Crippen LogP contribution in [0, 0.1) is 13.8 Å². The molecule has 0 radical (unpaired) electrons. The number of anilines is 1. The zero-order valence-corrected chi connectivity index (χ0v) is 13.9. The van der Waals surface area contributed by atoms with Crippen molar-refractivity contribution >= 4 is 32.2 Å². The first-order chi connectivity index (χ1) is 10.4. The number of carbonyl (C=O) groups is 1. The van der Waals surface area contributed by atoms with Crippen molar-refractivity contribution < 1.29 is 13.2 Å². The van der Waals surface area contributed by atoms with Gasteiger partial charge in [-0.25, -0.2) is 13.4 Å². The van der Waals surface area contributed by atoms with E-state index < -0.39 is 9.84 Å². The van der Waals surface area contributed by atoms with Gasteiger partial charge in [0.2, 0.25) is 0 Å². The maximum Gasteiger partial charge on any atom is 0.261 e. The fourth-order valence-electron chi connectivity index (χ4n) is 2.76. The van der Waals surface area contributed by atoms with E-state index in [9.17, 15) is 13.2 Å². The Morgan fingerprint density at radius 3 is 2.82 bits per heavy atom. The van der Waals surface area contributed by atoms with Crippen LogP contribution in [-0.4, -0.2) is 40.6 Å². The molecular weight excluding hydrogens is 324 g/mol. The predicted molar refractivity (Wildman–Crippen MR) is 84.1 cm³/mol. The number of aromatic nitrogens is 3. The Balaban J connectivity index is 1.89. The summed E-state index contributed by atoms with van der Waals surface area (Å²) in [7, 11) is -2.99. The minimum absolute atomic E-state index is 0.0858. The number of rotatable bonds is 3. The first-order valence-corrected chi connectivity index (χ1v) is 9.54. The summed E-state index contributed by atoms with van der Waals surface area (Å²) in [6.07, 6.45) is 2.16. The molecule has 1 atom stereocenters. The standard InChI is InChI=1S/C13H16N4O3S2/c1-8-11(12(18)15-13-14-4-5-21-13)9(2)17(16-8)10-3-6-22(19,20)7-10/h4-5,10H,3,6-7H2,1-2H3,(H,14,15,18)/t10-/m1/s1. The van der Waals surface area contributed by atoms with Crippen molar-refractivity contribution in [2.75, 3.05) is 16.8 Å². The minimum Gasteiger partial charge on any atom is -0.298 e. The Bertz CT molecular complexity index is 809. The average Bonchev–Trinajstić information content (AvgIpc) is 3.10. The topological polar surface area (TPSA) is 94.0 Å². The SMILES string of the molecule is Cc1nn([C@@H]2CCS(=O)(=O)C2)c(C)c1C(=O)Nc1nccs1. The number of thiazole rings is 1. The Labute approximate surface area is 132 Å². The van der Waals surface area contributed by atoms with Gasteiger partial charge in [-0.05, 0) is 20.3 Å². The molecule has 1 saturated heterocycles. The van der Waals surface area contributed by atoms with E-state index in [0.717, 1.165) is 0 Å². The number of carbonyl (C=O) groups excluding carboxylic acids is 1. The second kappa shape index (κ2) is 5.47. The van der Waals surface area contributed by atoms with Crippen LogP contribution in [0.1, 0.15) is 34.2 Å². The van der Waals surface area contributed by atoms with E-state index in [0.29, 0.717) is 28.5 Å². The summed E-state index contributed by atoms with van der Waals surface area (Å²) in [6, 6.07) is -0.190. The van der Waals surface area contributed by atoms with Gasteiger partial charge in [0.1, 0.15) is 0 Å². The van der Waals surface area contributed by atoms with Crippen LogP contribution >= 0.6 is 11.3 Å². The van der Waals surface area contributed by atoms with Gasteiger partial charge in [-0.2, -0.15) is 5.10 Å². The molecule has 1 amide bonds. The van der Waals surface area contributed by atoms with E-state index in [1.807, 2.05) is 0 Å². The molecule has 7 nitrogen and oxygen atoms in total. The molecule has 1 N–H and O–H groups in total. The molecule has 0 spiro atoms. The van der Waals surface area contributed by atoms with E-state index in [-0.39, 0.29) is 23.5 Å². The van der Waals surface area contributed by atoms with Gasteiger partial charge < -0.3 is 0 Å². The lowest BCUT2D eigenvalue weighted by atomic mass is 10.1. The lowest BCUT2D eigenvalue weighted by Gasteiger charge is -2.11. The zero-order chi connectivity index (χ0) is 15.9. The lowest BCUT2D eigenvalue weighted by molar-refractivity contribution is 0.102. The highest BCUT2D eigenvalue weighted by Crippen LogP contribution is 2.27. The summed E-state index contributed by atoms with van der Waals surface area (Å²) in [4.78, 5) is 16.4. The van der Waals surface area contributed by atoms with Crippen LogP contribution in [-0.2, 0) is 9.84 Å². The second-order valence-corrected chi connectivity index (χ2v) is 8.46. The molecule has 0 aliphatic carbocycles. The van der Waals surface area contributed by atoms with Crippen molar-refractivity contribution in [3.8, 4) is 0 Å². The summed E-state index contributed by atoms with van der Waals surface area (Å²) in [5.74, 6) is -0.00356. The number of hydrogen-bond donors (Lipinski definition) is 1. The van der Waals surface area contributed by atoms with Gasteiger partial charge >= 0.3 is 0 Å². The molecule has 22 heavy (non-hydrogen) atoms. The van der Waals surface area contributed by atoms with Crippen molar-refractivity contribution in [2.45, 2.75) is 26.3 Å². The minimum atomic E-state index is -2.99. The Morgan fingerprint density at radius 1 is 1.45 bits per heavy atom. The highest BCUT2D eigenvalue weighted by molar-refractivity contribution is 7.91. The summed E-state index contributed by atoms with van der Waals surface area (Å²) in [6.45, 7) is 3.55. The van der Waals surface area contributed by atoms with E-state index in [1.54, 1.807) is 30.1 Å². The number of hydrogen-bond acceptors (Lipinski definition) is 6. The zero-order valence-electron chi connectivity index (χ0n) is 12.2. The number of amides is 1. The van der Waals surface area contributed by atoms with Gasteiger partial charge in [0, 0.05) is 17.3 Å². The van der Waals surface area contributed by atoms with Crippen LogP contribution in [0.5, 0.6) is 0 Å². The number of nitrogens with zero attached hydrogens (tertiary/aromatic N) is 3. The van der Waals surface area contributed by atoms with E-state index in [1.165, 1.54) is 11.3 Å². The highest BCUT2D eigenvalue weighted by atomic mass is 32.2. The molecule has 0 bridgehead atoms. The summed E-state index contributed by atoms with van der Waals surface area (Å²) in [5, 5.41) is 9.43. The van der Waals surface area contributed by atoms with Crippen molar-refractivity contribution in [1.29, 1.82) is 0 Å².